The minimum atomic E-state index is -0.454. The molecule has 20 heavy (non-hydrogen) atoms. The molecule has 2 aromatic carbocycles. The van der Waals surface area contributed by atoms with Gasteiger partial charge in [-0.1, -0.05) is 30.3 Å². The number of amides is 1. The molecule has 102 valence electrons. The van der Waals surface area contributed by atoms with Gasteiger partial charge in [-0.15, -0.1) is 0 Å². The van der Waals surface area contributed by atoms with Crippen molar-refractivity contribution in [3.8, 4) is 11.5 Å². The summed E-state index contributed by atoms with van der Waals surface area (Å²) in [5.74, 6) is -0.568. The van der Waals surface area contributed by atoms with Gasteiger partial charge in [0, 0.05) is 12.5 Å². The topological polar surface area (TPSA) is 69.6 Å². The van der Waals surface area contributed by atoms with Crippen LogP contribution in [0.25, 0.3) is 0 Å². The van der Waals surface area contributed by atoms with E-state index >= 15 is 0 Å². The molecule has 0 spiro atoms. The van der Waals surface area contributed by atoms with E-state index in [0.29, 0.717) is 12.5 Å². The molecule has 1 amide bonds. The van der Waals surface area contributed by atoms with Crippen LogP contribution in [0.15, 0.2) is 42.5 Å². The van der Waals surface area contributed by atoms with E-state index in [2.05, 4.69) is 17.4 Å². The largest absolute Gasteiger partial charge is 0.507 e. The molecule has 0 saturated heterocycles. The summed E-state index contributed by atoms with van der Waals surface area (Å²) >= 11 is 0. The molecular formula is C16H15NO3. The number of hydrogen-bond donors (Lipinski definition) is 3. The minimum absolute atomic E-state index is 0.0693. The van der Waals surface area contributed by atoms with Crippen LogP contribution in [-0.4, -0.2) is 22.7 Å². The highest BCUT2D eigenvalue weighted by Gasteiger charge is 2.26. The summed E-state index contributed by atoms with van der Waals surface area (Å²) in [7, 11) is 0. The number of phenols is 2. The van der Waals surface area contributed by atoms with Gasteiger partial charge in [-0.25, -0.2) is 0 Å². The molecule has 0 aromatic heterocycles. The summed E-state index contributed by atoms with van der Waals surface area (Å²) in [5.41, 5.74) is 2.51. The maximum atomic E-state index is 12.0. The van der Waals surface area contributed by atoms with Gasteiger partial charge in [0.15, 0.2) is 0 Å². The summed E-state index contributed by atoms with van der Waals surface area (Å²) in [6.07, 6.45) is 0.948. The molecule has 0 bridgehead atoms. The Kier molecular flexibility index (Phi) is 3.06. The third-order valence-corrected chi connectivity index (χ3v) is 3.72. The van der Waals surface area contributed by atoms with E-state index in [0.717, 1.165) is 6.42 Å². The number of fused-ring (bicyclic) bond motifs is 1. The molecule has 0 radical (unpaired) electrons. The van der Waals surface area contributed by atoms with Crippen molar-refractivity contribution in [3.63, 3.8) is 0 Å². The van der Waals surface area contributed by atoms with Gasteiger partial charge in [-0.2, -0.15) is 0 Å². The van der Waals surface area contributed by atoms with Gasteiger partial charge in [0.25, 0.3) is 5.91 Å². The van der Waals surface area contributed by atoms with Gasteiger partial charge in [0.2, 0.25) is 0 Å². The van der Waals surface area contributed by atoms with Crippen molar-refractivity contribution >= 4 is 5.91 Å². The number of phenolic OH excluding ortho intramolecular Hbond substituents is 2. The number of nitrogens with one attached hydrogen (secondary N) is 1. The Hall–Kier alpha value is -2.49. The first-order chi connectivity index (χ1) is 9.66. The van der Waals surface area contributed by atoms with Crippen LogP contribution in [0.5, 0.6) is 11.5 Å². The van der Waals surface area contributed by atoms with Gasteiger partial charge in [-0.05, 0) is 29.7 Å². The van der Waals surface area contributed by atoms with Gasteiger partial charge in [0.05, 0.1) is 0 Å². The van der Waals surface area contributed by atoms with Crippen molar-refractivity contribution in [1.82, 2.24) is 5.32 Å². The maximum Gasteiger partial charge on any atom is 0.258 e. The van der Waals surface area contributed by atoms with Crippen LogP contribution in [0.4, 0.5) is 0 Å². The Bertz CT molecular complexity index is 646. The average Bonchev–Trinajstić information content (AvgIpc) is 2.39. The first kappa shape index (κ1) is 12.5. The molecular weight excluding hydrogens is 254 g/mol. The number of carbonyl (C=O) groups is 1. The fourth-order valence-electron chi connectivity index (χ4n) is 2.61. The van der Waals surface area contributed by atoms with Crippen molar-refractivity contribution in [2.75, 3.05) is 6.54 Å². The van der Waals surface area contributed by atoms with Crippen LogP contribution in [0.3, 0.4) is 0 Å². The zero-order valence-corrected chi connectivity index (χ0v) is 10.8. The van der Waals surface area contributed by atoms with Crippen LogP contribution in [0, 0.1) is 0 Å². The molecule has 1 aliphatic rings. The van der Waals surface area contributed by atoms with Crippen molar-refractivity contribution in [3.05, 3.63) is 59.2 Å². The van der Waals surface area contributed by atoms with Gasteiger partial charge < -0.3 is 15.5 Å². The lowest BCUT2D eigenvalue weighted by Crippen LogP contribution is -2.33. The van der Waals surface area contributed by atoms with E-state index in [1.807, 2.05) is 12.1 Å². The Balaban J connectivity index is 1.67. The second-order valence-corrected chi connectivity index (χ2v) is 4.98. The highest BCUT2D eigenvalue weighted by atomic mass is 16.3. The number of aromatic hydroxyl groups is 2. The zero-order valence-electron chi connectivity index (χ0n) is 10.8. The first-order valence-electron chi connectivity index (χ1n) is 6.53. The van der Waals surface area contributed by atoms with Crippen LogP contribution in [0.2, 0.25) is 0 Å². The minimum Gasteiger partial charge on any atom is -0.507 e. The zero-order chi connectivity index (χ0) is 14.1. The molecule has 0 heterocycles. The van der Waals surface area contributed by atoms with Crippen molar-refractivity contribution in [2.24, 2.45) is 0 Å². The van der Waals surface area contributed by atoms with Crippen LogP contribution in [-0.2, 0) is 6.42 Å². The SMILES string of the molecule is O=C(NCC1Cc2ccccc21)c1c(O)cccc1O. The van der Waals surface area contributed by atoms with E-state index in [4.69, 9.17) is 0 Å². The Morgan fingerprint density at radius 1 is 1.10 bits per heavy atom. The van der Waals surface area contributed by atoms with Gasteiger partial charge >= 0.3 is 0 Å². The molecule has 1 aliphatic carbocycles. The molecule has 1 atom stereocenters. The molecule has 0 aliphatic heterocycles. The lowest BCUT2D eigenvalue weighted by Gasteiger charge is -2.30. The Labute approximate surface area is 116 Å². The number of hydrogen-bond acceptors (Lipinski definition) is 3. The molecule has 3 N–H and O–H groups in total. The molecule has 4 heteroatoms. The fourth-order valence-corrected chi connectivity index (χ4v) is 2.61. The van der Waals surface area contributed by atoms with Crippen LogP contribution >= 0.6 is 0 Å². The fraction of sp³-hybridized carbons (Fsp3) is 0.188. The molecule has 2 aromatic rings. The highest BCUT2D eigenvalue weighted by Crippen LogP contribution is 2.34. The smallest absolute Gasteiger partial charge is 0.258 e. The molecule has 4 nitrogen and oxygen atoms in total. The summed E-state index contributed by atoms with van der Waals surface area (Å²) < 4.78 is 0. The monoisotopic (exact) mass is 269 g/mol. The standard InChI is InChI=1S/C16H15NO3/c18-13-6-3-7-14(19)15(13)16(20)17-9-11-8-10-4-1-2-5-12(10)11/h1-7,11,18-19H,8-9H2,(H,17,20). The van der Waals surface area contributed by atoms with Gasteiger partial charge in [0.1, 0.15) is 17.1 Å². The third-order valence-electron chi connectivity index (χ3n) is 3.72. The van der Waals surface area contributed by atoms with E-state index in [1.165, 1.54) is 29.3 Å². The normalized spacial score (nSPS) is 16.1. The van der Waals surface area contributed by atoms with E-state index < -0.39 is 5.91 Å². The number of rotatable bonds is 3. The van der Waals surface area contributed by atoms with Crippen molar-refractivity contribution in [2.45, 2.75) is 12.3 Å². The Morgan fingerprint density at radius 3 is 2.50 bits per heavy atom. The number of benzene rings is 2. The second-order valence-electron chi connectivity index (χ2n) is 4.98. The predicted molar refractivity (Wildman–Crippen MR) is 75.0 cm³/mol. The quantitative estimate of drug-likeness (QED) is 0.799. The van der Waals surface area contributed by atoms with Gasteiger partial charge in [-0.3, -0.25) is 4.79 Å². The number of carbonyl (C=O) groups excluding carboxylic acids is 1. The highest BCUT2D eigenvalue weighted by molar-refractivity contribution is 5.99. The summed E-state index contributed by atoms with van der Waals surface area (Å²) in [6.45, 7) is 0.504. The third kappa shape index (κ3) is 2.09. The first-order valence-corrected chi connectivity index (χ1v) is 6.53. The van der Waals surface area contributed by atoms with Crippen LogP contribution in [0.1, 0.15) is 27.4 Å². The maximum absolute atomic E-state index is 12.0. The Morgan fingerprint density at radius 2 is 1.80 bits per heavy atom. The predicted octanol–water partition coefficient (Wildman–Crippen LogP) is 2.17. The summed E-state index contributed by atoms with van der Waals surface area (Å²) in [6, 6.07) is 12.4. The van der Waals surface area contributed by atoms with Crippen molar-refractivity contribution in [1.29, 1.82) is 0 Å². The lowest BCUT2D eigenvalue weighted by atomic mass is 9.77. The van der Waals surface area contributed by atoms with E-state index in [-0.39, 0.29) is 17.1 Å². The summed E-state index contributed by atoms with van der Waals surface area (Å²) in [5, 5.41) is 22.0. The average molecular weight is 269 g/mol. The molecule has 1 unspecified atom stereocenters. The molecule has 0 fully saturated rings. The van der Waals surface area contributed by atoms with E-state index in [9.17, 15) is 15.0 Å². The lowest BCUT2D eigenvalue weighted by molar-refractivity contribution is 0.0944. The van der Waals surface area contributed by atoms with Crippen LogP contribution < -0.4 is 5.32 Å². The molecule has 3 rings (SSSR count). The van der Waals surface area contributed by atoms with Crippen molar-refractivity contribution < 1.29 is 15.0 Å². The second kappa shape index (κ2) is 4.89. The summed E-state index contributed by atoms with van der Waals surface area (Å²) in [4.78, 5) is 12.0. The van der Waals surface area contributed by atoms with E-state index in [1.54, 1.807) is 0 Å². The molecule has 0 saturated carbocycles.